The van der Waals surface area contributed by atoms with E-state index < -0.39 is 0 Å². The van der Waals surface area contributed by atoms with E-state index in [0.717, 1.165) is 16.0 Å². The van der Waals surface area contributed by atoms with E-state index in [0.29, 0.717) is 18.5 Å². The van der Waals surface area contributed by atoms with Crippen molar-refractivity contribution in [1.29, 1.82) is 0 Å². The summed E-state index contributed by atoms with van der Waals surface area (Å²) in [6.45, 7) is 6.30. The van der Waals surface area contributed by atoms with Gasteiger partial charge in [-0.25, -0.2) is 0 Å². The summed E-state index contributed by atoms with van der Waals surface area (Å²) in [5.74, 6) is 0.644. The zero-order valence-electron chi connectivity index (χ0n) is 13.0. The van der Waals surface area contributed by atoms with E-state index in [2.05, 4.69) is 46.8 Å². The van der Waals surface area contributed by atoms with E-state index in [1.165, 1.54) is 31.2 Å². The summed E-state index contributed by atoms with van der Waals surface area (Å²) in [7, 11) is 0. The Labute approximate surface area is 142 Å². The van der Waals surface area contributed by atoms with Gasteiger partial charge in [0.25, 0.3) is 0 Å². The number of hydrogen-bond donors (Lipinski definition) is 1. The molecule has 2 N–H and O–H groups in total. The van der Waals surface area contributed by atoms with Crippen molar-refractivity contribution in [3.63, 3.8) is 0 Å². The van der Waals surface area contributed by atoms with Crippen molar-refractivity contribution < 1.29 is 0 Å². The molecule has 1 fully saturated rings. The lowest BCUT2D eigenvalue weighted by Crippen LogP contribution is -2.42. The highest BCUT2D eigenvalue weighted by Crippen LogP contribution is 2.33. The van der Waals surface area contributed by atoms with Crippen molar-refractivity contribution in [2.24, 2.45) is 11.7 Å². The molecule has 0 aromatic heterocycles. The van der Waals surface area contributed by atoms with Gasteiger partial charge in [-0.15, -0.1) is 0 Å². The summed E-state index contributed by atoms with van der Waals surface area (Å²) < 4.78 is 0.944. The number of nitrogens with zero attached hydrogens (tertiary/aromatic N) is 1. The number of halogens is 2. The third kappa shape index (κ3) is 4.44. The molecule has 1 aliphatic carbocycles. The maximum absolute atomic E-state index is 6.28. The van der Waals surface area contributed by atoms with Gasteiger partial charge in [0.2, 0.25) is 0 Å². The number of hydrogen-bond acceptors (Lipinski definition) is 2. The molecule has 0 amide bonds. The van der Waals surface area contributed by atoms with Crippen molar-refractivity contribution >= 4 is 27.5 Å². The van der Waals surface area contributed by atoms with Crippen molar-refractivity contribution in [1.82, 2.24) is 4.90 Å². The first-order chi connectivity index (χ1) is 10.0. The summed E-state index contributed by atoms with van der Waals surface area (Å²) in [5, 5.41) is 0.766. The normalized spacial score (nSPS) is 17.9. The summed E-state index contributed by atoms with van der Waals surface area (Å²) in [6.07, 6.45) is 5.29. The van der Waals surface area contributed by atoms with Gasteiger partial charge in [-0.2, -0.15) is 0 Å². The van der Waals surface area contributed by atoms with E-state index in [-0.39, 0.29) is 6.04 Å². The van der Waals surface area contributed by atoms with Gasteiger partial charge in [0.05, 0.1) is 5.02 Å². The second-order valence-corrected chi connectivity index (χ2v) is 7.72. The van der Waals surface area contributed by atoms with Crippen LogP contribution < -0.4 is 5.73 Å². The molecular weight excluding hydrogens is 348 g/mol. The molecule has 1 aliphatic rings. The van der Waals surface area contributed by atoms with Gasteiger partial charge < -0.3 is 5.73 Å². The Morgan fingerprint density at radius 2 is 2.00 bits per heavy atom. The molecule has 0 bridgehead atoms. The highest BCUT2D eigenvalue weighted by Gasteiger charge is 2.29. The second-order valence-electron chi connectivity index (χ2n) is 6.45. The van der Waals surface area contributed by atoms with Gasteiger partial charge in [0, 0.05) is 29.6 Å². The summed E-state index contributed by atoms with van der Waals surface area (Å²) in [4.78, 5) is 2.62. The van der Waals surface area contributed by atoms with Gasteiger partial charge in [-0.05, 0) is 52.4 Å². The van der Waals surface area contributed by atoms with E-state index in [1.807, 2.05) is 6.07 Å². The topological polar surface area (TPSA) is 29.3 Å². The van der Waals surface area contributed by atoms with Crippen molar-refractivity contribution in [3.8, 4) is 0 Å². The van der Waals surface area contributed by atoms with E-state index in [1.54, 1.807) is 0 Å². The highest BCUT2D eigenvalue weighted by atomic mass is 79.9. The summed E-state index contributed by atoms with van der Waals surface area (Å²) >= 11 is 9.75. The number of rotatable bonds is 6. The van der Waals surface area contributed by atoms with Crippen LogP contribution in [0.4, 0.5) is 0 Å². The maximum atomic E-state index is 6.28. The van der Waals surface area contributed by atoms with Crippen LogP contribution >= 0.6 is 27.5 Å². The molecule has 1 aromatic carbocycles. The fourth-order valence-corrected chi connectivity index (χ4v) is 3.81. The van der Waals surface area contributed by atoms with Crippen LogP contribution in [-0.2, 0) is 0 Å². The molecule has 0 saturated heterocycles. The quantitative estimate of drug-likeness (QED) is 0.760. The van der Waals surface area contributed by atoms with Crippen LogP contribution in [0.5, 0.6) is 0 Å². The minimum atomic E-state index is 0.265. The Hall–Kier alpha value is -0.0900. The Morgan fingerprint density at radius 1 is 1.33 bits per heavy atom. The first-order valence-corrected chi connectivity index (χ1v) is 9.10. The molecule has 1 saturated carbocycles. The Morgan fingerprint density at radius 3 is 2.52 bits per heavy atom. The Kier molecular flexibility index (Phi) is 6.54. The van der Waals surface area contributed by atoms with Crippen LogP contribution in [0.3, 0.4) is 0 Å². The largest absolute Gasteiger partial charge is 0.329 e. The van der Waals surface area contributed by atoms with Crippen molar-refractivity contribution in [2.75, 3.05) is 13.1 Å². The molecular formula is C17H26BrClN2. The number of benzene rings is 1. The van der Waals surface area contributed by atoms with Gasteiger partial charge in [-0.3, -0.25) is 4.90 Å². The predicted octanol–water partition coefficient (Wildman–Crippen LogP) is 5.00. The van der Waals surface area contributed by atoms with Crippen LogP contribution in [0.15, 0.2) is 22.7 Å². The van der Waals surface area contributed by atoms with Crippen molar-refractivity contribution in [3.05, 3.63) is 33.3 Å². The summed E-state index contributed by atoms with van der Waals surface area (Å²) in [5.41, 5.74) is 7.38. The molecule has 0 heterocycles. The molecule has 1 unspecified atom stereocenters. The van der Waals surface area contributed by atoms with Crippen LogP contribution in [0.2, 0.25) is 5.02 Å². The Bertz CT molecular complexity index is 458. The SMILES string of the molecule is CC(C)CN(C1CCCC1)C(CN)c1ccc(Br)c(Cl)c1. The van der Waals surface area contributed by atoms with Crippen LogP contribution in [0.25, 0.3) is 0 Å². The maximum Gasteiger partial charge on any atom is 0.0551 e. The molecule has 21 heavy (non-hydrogen) atoms. The van der Waals surface area contributed by atoms with Crippen LogP contribution in [0, 0.1) is 5.92 Å². The molecule has 0 spiro atoms. The van der Waals surface area contributed by atoms with Crippen LogP contribution in [0.1, 0.15) is 51.1 Å². The monoisotopic (exact) mass is 372 g/mol. The standard InChI is InChI=1S/C17H26BrClN2/c1-12(2)11-21(14-5-3-4-6-14)17(10-20)13-7-8-15(18)16(19)9-13/h7-9,12,14,17H,3-6,10-11,20H2,1-2H3. The molecule has 2 rings (SSSR count). The molecule has 1 aromatic rings. The fraction of sp³-hybridized carbons (Fsp3) is 0.647. The lowest BCUT2D eigenvalue weighted by molar-refractivity contribution is 0.121. The van der Waals surface area contributed by atoms with E-state index >= 15 is 0 Å². The van der Waals surface area contributed by atoms with Gasteiger partial charge >= 0.3 is 0 Å². The van der Waals surface area contributed by atoms with Gasteiger partial charge in [0.15, 0.2) is 0 Å². The predicted molar refractivity (Wildman–Crippen MR) is 94.7 cm³/mol. The minimum Gasteiger partial charge on any atom is -0.329 e. The second kappa shape index (κ2) is 7.96. The third-order valence-corrected chi connectivity index (χ3v) is 5.55. The molecule has 4 heteroatoms. The smallest absolute Gasteiger partial charge is 0.0551 e. The molecule has 0 aliphatic heterocycles. The van der Waals surface area contributed by atoms with Gasteiger partial charge in [0.1, 0.15) is 0 Å². The zero-order chi connectivity index (χ0) is 15.4. The van der Waals surface area contributed by atoms with Crippen LogP contribution in [-0.4, -0.2) is 24.0 Å². The minimum absolute atomic E-state index is 0.265. The molecule has 2 nitrogen and oxygen atoms in total. The average molecular weight is 374 g/mol. The van der Waals surface area contributed by atoms with E-state index in [9.17, 15) is 0 Å². The fourth-order valence-electron chi connectivity index (χ4n) is 3.37. The average Bonchev–Trinajstić information content (AvgIpc) is 2.96. The van der Waals surface area contributed by atoms with Crippen molar-refractivity contribution in [2.45, 2.75) is 51.6 Å². The third-order valence-electron chi connectivity index (χ3n) is 4.32. The molecule has 1 atom stereocenters. The Balaban J connectivity index is 2.26. The lowest BCUT2D eigenvalue weighted by Gasteiger charge is -2.37. The van der Waals surface area contributed by atoms with Gasteiger partial charge in [-0.1, -0.05) is 44.4 Å². The first kappa shape index (κ1) is 17.3. The lowest BCUT2D eigenvalue weighted by atomic mass is 10.0. The number of nitrogens with two attached hydrogens (primary N) is 1. The first-order valence-electron chi connectivity index (χ1n) is 7.93. The molecule has 0 radical (unpaired) electrons. The zero-order valence-corrected chi connectivity index (χ0v) is 15.3. The molecule has 118 valence electrons. The summed E-state index contributed by atoms with van der Waals surface area (Å²) in [6, 6.07) is 7.17. The van der Waals surface area contributed by atoms with E-state index in [4.69, 9.17) is 17.3 Å². The highest BCUT2D eigenvalue weighted by molar-refractivity contribution is 9.10.